The standard InChI is InChI=1S/C4H12O3Si.O2Si/c1-5-8(4,6-2)7-3;1-3-2/h1-4H3;. The van der Waals surface area contributed by atoms with Crippen molar-refractivity contribution in [2.24, 2.45) is 0 Å². The molecule has 0 aliphatic carbocycles. The predicted molar refractivity (Wildman–Crippen MR) is 39.8 cm³/mol. The molecular weight excluding hydrogens is 184 g/mol. The van der Waals surface area contributed by atoms with E-state index in [1.54, 1.807) is 21.3 Å². The molecule has 0 aliphatic rings. The minimum Gasteiger partial charge on any atom is -0.377 e. The molecular formula is C4H12O5Si2. The van der Waals surface area contributed by atoms with Gasteiger partial charge in [0.25, 0.3) is 0 Å². The lowest BCUT2D eigenvalue weighted by Gasteiger charge is -2.18. The van der Waals surface area contributed by atoms with Gasteiger partial charge in [-0.1, -0.05) is 0 Å². The molecule has 0 aliphatic heterocycles. The molecule has 0 radical (unpaired) electrons. The molecule has 5 nitrogen and oxygen atoms in total. The fourth-order valence-corrected chi connectivity index (χ4v) is 0.750. The molecule has 66 valence electrons. The van der Waals surface area contributed by atoms with Crippen LogP contribution in [0.1, 0.15) is 0 Å². The molecule has 0 spiro atoms. The van der Waals surface area contributed by atoms with Crippen molar-refractivity contribution in [3.8, 4) is 0 Å². The summed E-state index contributed by atoms with van der Waals surface area (Å²) < 4.78 is 31.6. The zero-order valence-electron chi connectivity index (χ0n) is 7.04. The van der Waals surface area contributed by atoms with Crippen molar-refractivity contribution in [2.45, 2.75) is 6.55 Å². The summed E-state index contributed by atoms with van der Waals surface area (Å²) in [5, 5.41) is 0. The van der Waals surface area contributed by atoms with Gasteiger partial charge in [-0.3, -0.25) is 8.92 Å². The average molecular weight is 196 g/mol. The van der Waals surface area contributed by atoms with E-state index in [4.69, 9.17) is 22.2 Å². The minimum absolute atomic E-state index is 1.42. The van der Waals surface area contributed by atoms with E-state index in [0.29, 0.717) is 0 Å². The highest BCUT2D eigenvalue weighted by Crippen LogP contribution is 2.02. The lowest BCUT2D eigenvalue weighted by molar-refractivity contribution is 0.132. The highest BCUT2D eigenvalue weighted by molar-refractivity contribution is 6.58. The van der Waals surface area contributed by atoms with Gasteiger partial charge in [-0.2, -0.15) is 0 Å². The second-order valence-corrected chi connectivity index (χ2v) is 4.67. The van der Waals surface area contributed by atoms with Crippen LogP contribution in [0.3, 0.4) is 0 Å². The van der Waals surface area contributed by atoms with Gasteiger partial charge in [0.1, 0.15) is 0 Å². The van der Waals surface area contributed by atoms with E-state index in [0.717, 1.165) is 0 Å². The first kappa shape index (κ1) is 13.5. The molecule has 0 N–H and O–H groups in total. The van der Waals surface area contributed by atoms with Crippen molar-refractivity contribution in [3.63, 3.8) is 0 Å². The third-order valence-electron chi connectivity index (χ3n) is 1.11. The van der Waals surface area contributed by atoms with E-state index in [1.165, 1.54) is 0 Å². The maximum absolute atomic E-state index is 8.40. The van der Waals surface area contributed by atoms with E-state index in [9.17, 15) is 0 Å². The molecule has 0 amide bonds. The Morgan fingerprint density at radius 3 is 1.18 bits per heavy atom. The van der Waals surface area contributed by atoms with Gasteiger partial charge in [-0.15, -0.1) is 0 Å². The third kappa shape index (κ3) is 7.81. The minimum atomic E-state index is -2.17. The first-order valence-electron chi connectivity index (χ1n) is 2.75. The molecule has 0 bridgehead atoms. The van der Waals surface area contributed by atoms with E-state index in [-0.39, 0.29) is 0 Å². The highest BCUT2D eigenvalue weighted by Gasteiger charge is 2.29. The quantitative estimate of drug-likeness (QED) is 0.589. The zero-order valence-corrected chi connectivity index (χ0v) is 9.04. The molecule has 0 fully saturated rings. The van der Waals surface area contributed by atoms with Crippen molar-refractivity contribution in [3.05, 3.63) is 0 Å². The van der Waals surface area contributed by atoms with Crippen molar-refractivity contribution in [1.82, 2.24) is 0 Å². The normalized spacial score (nSPS) is 9.45. The number of hydrogen-bond donors (Lipinski definition) is 0. The lowest BCUT2D eigenvalue weighted by Crippen LogP contribution is -2.38. The SMILES string of the molecule is CO[Si](C)(OC)OC.O=[Si]=O. The first-order valence-corrected chi connectivity index (χ1v) is 5.79. The van der Waals surface area contributed by atoms with Crippen LogP contribution < -0.4 is 0 Å². The van der Waals surface area contributed by atoms with E-state index in [1.807, 2.05) is 6.55 Å². The van der Waals surface area contributed by atoms with Gasteiger partial charge in [0.2, 0.25) is 0 Å². The van der Waals surface area contributed by atoms with Crippen LogP contribution in [0.15, 0.2) is 0 Å². The molecule has 0 aromatic rings. The monoisotopic (exact) mass is 196 g/mol. The van der Waals surface area contributed by atoms with Crippen molar-refractivity contribution >= 4 is 18.1 Å². The van der Waals surface area contributed by atoms with Gasteiger partial charge in [-0.25, -0.2) is 0 Å². The van der Waals surface area contributed by atoms with Crippen molar-refractivity contribution < 1.29 is 22.2 Å². The molecule has 0 aromatic carbocycles. The third-order valence-corrected chi connectivity index (χ3v) is 3.34. The summed E-state index contributed by atoms with van der Waals surface area (Å²) in [6, 6.07) is 0. The average Bonchev–Trinajstić information content (AvgIpc) is 2.05. The van der Waals surface area contributed by atoms with Crippen LogP contribution in [0.5, 0.6) is 0 Å². The fourth-order valence-electron chi connectivity index (χ4n) is 0.250. The van der Waals surface area contributed by atoms with E-state index >= 15 is 0 Å². The topological polar surface area (TPSA) is 61.8 Å². The Morgan fingerprint density at radius 2 is 1.18 bits per heavy atom. The van der Waals surface area contributed by atoms with Gasteiger partial charge in [0, 0.05) is 27.9 Å². The molecule has 0 unspecified atom stereocenters. The zero-order chi connectivity index (χ0) is 9.33. The molecule has 0 atom stereocenters. The summed E-state index contributed by atoms with van der Waals surface area (Å²) in [5.41, 5.74) is 0. The molecule has 0 rings (SSSR count). The van der Waals surface area contributed by atoms with Gasteiger partial charge in [0.05, 0.1) is 0 Å². The Morgan fingerprint density at radius 1 is 1.00 bits per heavy atom. The van der Waals surface area contributed by atoms with Crippen molar-refractivity contribution in [2.75, 3.05) is 21.3 Å². The Bertz CT molecular complexity index is 109. The Kier molecular flexibility index (Phi) is 9.84. The molecule has 11 heavy (non-hydrogen) atoms. The van der Waals surface area contributed by atoms with Gasteiger partial charge in [0.15, 0.2) is 0 Å². The van der Waals surface area contributed by atoms with Crippen LogP contribution >= 0.6 is 0 Å². The summed E-state index contributed by atoms with van der Waals surface area (Å²) in [5.74, 6) is 0. The van der Waals surface area contributed by atoms with Gasteiger partial charge in [-0.05, 0) is 0 Å². The number of hydrogen-bond acceptors (Lipinski definition) is 5. The van der Waals surface area contributed by atoms with Crippen LogP contribution in [0.4, 0.5) is 0 Å². The summed E-state index contributed by atoms with van der Waals surface area (Å²) in [7, 11) is 1.16. The van der Waals surface area contributed by atoms with Crippen LogP contribution in [0.2, 0.25) is 6.55 Å². The molecule has 7 heteroatoms. The largest absolute Gasteiger partial charge is 0.549 e. The molecule has 0 saturated heterocycles. The van der Waals surface area contributed by atoms with Crippen LogP contribution in [0, 0.1) is 0 Å². The number of rotatable bonds is 3. The summed E-state index contributed by atoms with van der Waals surface area (Å²) >= 11 is 0. The molecule has 0 aromatic heterocycles. The van der Waals surface area contributed by atoms with Crippen LogP contribution in [-0.4, -0.2) is 39.4 Å². The second kappa shape index (κ2) is 8.01. The first-order chi connectivity index (χ1) is 5.10. The summed E-state index contributed by atoms with van der Waals surface area (Å²) in [4.78, 5) is 0. The maximum Gasteiger partial charge on any atom is 0.549 e. The fraction of sp³-hybridized carbons (Fsp3) is 1.00. The van der Waals surface area contributed by atoms with E-state index in [2.05, 4.69) is 0 Å². The lowest BCUT2D eigenvalue weighted by atomic mass is 11.8. The van der Waals surface area contributed by atoms with Gasteiger partial charge < -0.3 is 13.3 Å². The van der Waals surface area contributed by atoms with Gasteiger partial charge >= 0.3 is 18.1 Å². The summed E-state index contributed by atoms with van der Waals surface area (Å²) in [6.45, 7) is 1.83. The van der Waals surface area contributed by atoms with Crippen LogP contribution in [-0.2, 0) is 22.2 Å². The smallest absolute Gasteiger partial charge is 0.377 e. The Balaban J connectivity index is 0. The molecule has 0 heterocycles. The van der Waals surface area contributed by atoms with Crippen molar-refractivity contribution in [1.29, 1.82) is 0 Å². The molecule has 0 saturated carbocycles. The summed E-state index contributed by atoms with van der Waals surface area (Å²) in [6.07, 6.45) is 0. The predicted octanol–water partition coefficient (Wildman–Crippen LogP) is -0.124. The Hall–Kier alpha value is -0.0862. The Labute approximate surface area is 69.0 Å². The maximum atomic E-state index is 8.40. The second-order valence-electron chi connectivity index (χ2n) is 1.56. The van der Waals surface area contributed by atoms with E-state index < -0.39 is 18.1 Å². The highest BCUT2D eigenvalue weighted by atomic mass is 28.4. The van der Waals surface area contributed by atoms with Crippen LogP contribution in [0.25, 0.3) is 0 Å².